The van der Waals surface area contributed by atoms with E-state index in [0.29, 0.717) is 6.04 Å². The SMILES string of the molecule is CCNC(Cc1cccc(Cl)c1)c1ccc(C(C)(C)C)s1. The van der Waals surface area contributed by atoms with E-state index in [1.807, 2.05) is 23.5 Å². The lowest BCUT2D eigenvalue weighted by molar-refractivity contribution is 0.558. The van der Waals surface area contributed by atoms with E-state index >= 15 is 0 Å². The molecule has 1 aromatic heterocycles. The Morgan fingerprint density at radius 3 is 2.52 bits per heavy atom. The topological polar surface area (TPSA) is 12.0 Å². The van der Waals surface area contributed by atoms with Crippen LogP contribution in [0.4, 0.5) is 0 Å². The molecule has 21 heavy (non-hydrogen) atoms. The number of benzene rings is 1. The molecule has 1 heterocycles. The van der Waals surface area contributed by atoms with Crippen molar-refractivity contribution in [2.24, 2.45) is 0 Å². The number of halogens is 1. The van der Waals surface area contributed by atoms with Crippen LogP contribution < -0.4 is 5.32 Å². The molecule has 0 aliphatic rings. The van der Waals surface area contributed by atoms with Crippen LogP contribution in [0.1, 0.15) is 49.1 Å². The van der Waals surface area contributed by atoms with E-state index in [9.17, 15) is 0 Å². The molecule has 0 spiro atoms. The van der Waals surface area contributed by atoms with Crippen LogP contribution in [-0.4, -0.2) is 6.54 Å². The van der Waals surface area contributed by atoms with Gasteiger partial charge in [0.2, 0.25) is 0 Å². The van der Waals surface area contributed by atoms with E-state index in [-0.39, 0.29) is 5.41 Å². The summed E-state index contributed by atoms with van der Waals surface area (Å²) in [6.45, 7) is 9.92. The van der Waals surface area contributed by atoms with Gasteiger partial charge in [-0.2, -0.15) is 0 Å². The molecule has 0 aliphatic carbocycles. The van der Waals surface area contributed by atoms with Crippen molar-refractivity contribution in [1.29, 1.82) is 0 Å². The smallest absolute Gasteiger partial charge is 0.0455 e. The first-order valence-corrected chi connectivity index (χ1v) is 8.67. The summed E-state index contributed by atoms with van der Waals surface area (Å²) in [6, 6.07) is 13.0. The molecule has 1 nitrogen and oxygen atoms in total. The van der Waals surface area contributed by atoms with Crippen molar-refractivity contribution < 1.29 is 0 Å². The Hall–Kier alpha value is -0.830. The third kappa shape index (κ3) is 4.57. The summed E-state index contributed by atoms with van der Waals surface area (Å²) in [5, 5.41) is 4.41. The molecule has 1 atom stereocenters. The summed E-state index contributed by atoms with van der Waals surface area (Å²) in [6.07, 6.45) is 0.971. The van der Waals surface area contributed by atoms with E-state index in [2.05, 4.69) is 57.3 Å². The average Bonchev–Trinajstić information content (AvgIpc) is 2.87. The molecule has 2 aromatic rings. The molecule has 1 aromatic carbocycles. The molecule has 114 valence electrons. The Kier molecular flexibility index (Phi) is 5.48. The summed E-state index contributed by atoms with van der Waals surface area (Å²) in [5.74, 6) is 0. The second kappa shape index (κ2) is 6.95. The maximum absolute atomic E-state index is 6.10. The molecule has 0 bridgehead atoms. The van der Waals surface area contributed by atoms with Crippen molar-refractivity contribution >= 4 is 22.9 Å². The van der Waals surface area contributed by atoms with Gasteiger partial charge in [0.1, 0.15) is 0 Å². The summed E-state index contributed by atoms with van der Waals surface area (Å²) < 4.78 is 0. The second-order valence-corrected chi connectivity index (χ2v) is 7.95. The molecular formula is C18H24ClNS. The standard InChI is InChI=1S/C18H24ClNS/c1-5-20-15(12-13-7-6-8-14(19)11-13)16-9-10-17(21-16)18(2,3)4/h6-11,15,20H,5,12H2,1-4H3. The summed E-state index contributed by atoms with van der Waals surface area (Å²) in [5.41, 5.74) is 1.49. The first kappa shape index (κ1) is 16.5. The number of thiophene rings is 1. The van der Waals surface area contributed by atoms with Gasteiger partial charge in [-0.25, -0.2) is 0 Å². The number of rotatable bonds is 5. The molecule has 1 unspecified atom stereocenters. The monoisotopic (exact) mass is 321 g/mol. The fourth-order valence-electron chi connectivity index (χ4n) is 2.36. The molecule has 0 fully saturated rings. The number of hydrogen-bond acceptors (Lipinski definition) is 2. The van der Waals surface area contributed by atoms with Gasteiger partial charge in [-0.1, -0.05) is 51.4 Å². The van der Waals surface area contributed by atoms with Crippen molar-refractivity contribution in [1.82, 2.24) is 5.32 Å². The maximum atomic E-state index is 6.10. The van der Waals surface area contributed by atoms with Gasteiger partial charge in [-0.3, -0.25) is 0 Å². The molecule has 0 amide bonds. The van der Waals surface area contributed by atoms with Crippen LogP contribution in [0.25, 0.3) is 0 Å². The molecule has 3 heteroatoms. The zero-order chi connectivity index (χ0) is 15.5. The fourth-order valence-corrected chi connectivity index (χ4v) is 3.72. The van der Waals surface area contributed by atoms with Gasteiger partial charge >= 0.3 is 0 Å². The van der Waals surface area contributed by atoms with Crippen LogP contribution >= 0.6 is 22.9 Å². The highest BCUT2D eigenvalue weighted by Gasteiger charge is 2.19. The third-order valence-corrected chi connectivity index (χ3v) is 5.35. The highest BCUT2D eigenvalue weighted by atomic mass is 35.5. The normalized spacial score (nSPS) is 13.4. The van der Waals surface area contributed by atoms with E-state index in [0.717, 1.165) is 18.0 Å². The van der Waals surface area contributed by atoms with Crippen molar-refractivity contribution in [3.63, 3.8) is 0 Å². The molecule has 0 aliphatic heterocycles. The highest BCUT2D eigenvalue weighted by molar-refractivity contribution is 7.12. The predicted molar refractivity (Wildman–Crippen MR) is 94.6 cm³/mol. The minimum Gasteiger partial charge on any atom is -0.309 e. The maximum Gasteiger partial charge on any atom is 0.0455 e. The molecule has 2 rings (SSSR count). The van der Waals surface area contributed by atoms with Gasteiger partial charge < -0.3 is 5.32 Å². The molecule has 0 saturated carbocycles. The van der Waals surface area contributed by atoms with Crippen molar-refractivity contribution in [2.45, 2.75) is 45.6 Å². The van der Waals surface area contributed by atoms with Gasteiger partial charge in [0, 0.05) is 20.8 Å². The average molecular weight is 322 g/mol. The minimum atomic E-state index is 0.218. The quantitative estimate of drug-likeness (QED) is 0.756. The van der Waals surface area contributed by atoms with Gasteiger partial charge in [0.25, 0.3) is 0 Å². The fraction of sp³-hybridized carbons (Fsp3) is 0.444. The van der Waals surface area contributed by atoms with Crippen LogP contribution in [0.2, 0.25) is 5.02 Å². The lowest BCUT2D eigenvalue weighted by Gasteiger charge is -2.18. The Bertz CT molecular complexity index is 583. The Morgan fingerprint density at radius 1 is 1.19 bits per heavy atom. The number of nitrogens with one attached hydrogen (secondary N) is 1. The molecule has 1 N–H and O–H groups in total. The van der Waals surface area contributed by atoms with Crippen LogP contribution in [0, 0.1) is 0 Å². The van der Waals surface area contributed by atoms with Gasteiger partial charge in [-0.15, -0.1) is 11.3 Å². The van der Waals surface area contributed by atoms with Crippen LogP contribution in [0.3, 0.4) is 0 Å². The number of likely N-dealkylation sites (N-methyl/N-ethyl adjacent to an activating group) is 1. The molecular weight excluding hydrogens is 298 g/mol. The van der Waals surface area contributed by atoms with Crippen molar-refractivity contribution in [3.8, 4) is 0 Å². The van der Waals surface area contributed by atoms with Gasteiger partial charge in [0.05, 0.1) is 0 Å². The zero-order valence-corrected chi connectivity index (χ0v) is 14.8. The van der Waals surface area contributed by atoms with Crippen LogP contribution in [-0.2, 0) is 11.8 Å². The lowest BCUT2D eigenvalue weighted by atomic mass is 9.95. The van der Waals surface area contributed by atoms with E-state index < -0.39 is 0 Å². The first-order chi connectivity index (χ1) is 9.90. The van der Waals surface area contributed by atoms with Crippen molar-refractivity contribution in [3.05, 3.63) is 56.7 Å². The van der Waals surface area contributed by atoms with Crippen LogP contribution in [0.5, 0.6) is 0 Å². The summed E-state index contributed by atoms with van der Waals surface area (Å²) >= 11 is 8.01. The number of hydrogen-bond donors (Lipinski definition) is 1. The molecule has 0 radical (unpaired) electrons. The minimum absolute atomic E-state index is 0.218. The van der Waals surface area contributed by atoms with E-state index in [1.54, 1.807) is 0 Å². The van der Waals surface area contributed by atoms with E-state index in [1.165, 1.54) is 15.3 Å². The van der Waals surface area contributed by atoms with Gasteiger partial charge in [-0.05, 0) is 48.2 Å². The second-order valence-electron chi connectivity index (χ2n) is 6.40. The predicted octanol–water partition coefficient (Wildman–Crippen LogP) is 5.59. The highest BCUT2D eigenvalue weighted by Crippen LogP contribution is 2.33. The van der Waals surface area contributed by atoms with E-state index in [4.69, 9.17) is 11.6 Å². The Balaban J connectivity index is 2.20. The zero-order valence-electron chi connectivity index (χ0n) is 13.2. The summed E-state index contributed by atoms with van der Waals surface area (Å²) in [7, 11) is 0. The first-order valence-electron chi connectivity index (χ1n) is 7.48. The Labute approximate surface area is 137 Å². The summed E-state index contributed by atoms with van der Waals surface area (Å²) in [4.78, 5) is 2.84. The largest absolute Gasteiger partial charge is 0.309 e. The van der Waals surface area contributed by atoms with Gasteiger partial charge in [0.15, 0.2) is 0 Å². The molecule has 0 saturated heterocycles. The van der Waals surface area contributed by atoms with Crippen molar-refractivity contribution in [2.75, 3.05) is 6.54 Å². The lowest BCUT2D eigenvalue weighted by Crippen LogP contribution is -2.22. The Morgan fingerprint density at radius 2 is 1.95 bits per heavy atom. The van der Waals surface area contributed by atoms with Crippen LogP contribution in [0.15, 0.2) is 36.4 Å². The third-order valence-electron chi connectivity index (χ3n) is 3.49.